The van der Waals surface area contributed by atoms with Crippen LogP contribution in [0.3, 0.4) is 0 Å². The summed E-state index contributed by atoms with van der Waals surface area (Å²) in [4.78, 5) is 13.7. The van der Waals surface area contributed by atoms with Crippen molar-refractivity contribution < 1.29 is 14.3 Å². The number of nitrogens with zero attached hydrogens (tertiary/aromatic N) is 1. The van der Waals surface area contributed by atoms with Gasteiger partial charge in [-0.25, -0.2) is 0 Å². The van der Waals surface area contributed by atoms with Crippen LogP contribution in [0.2, 0.25) is 0 Å². The molecule has 0 aromatic heterocycles. The van der Waals surface area contributed by atoms with E-state index >= 15 is 0 Å². The Bertz CT molecular complexity index is 547. The van der Waals surface area contributed by atoms with Gasteiger partial charge < -0.3 is 14.4 Å². The minimum Gasteiger partial charge on any atom is -0.490 e. The lowest BCUT2D eigenvalue weighted by atomic mass is 10.1. The molecule has 2 heterocycles. The monoisotopic (exact) mass is 257 g/mol. The molecule has 1 amide bonds. The Morgan fingerprint density at radius 3 is 2.79 bits per heavy atom. The molecule has 4 heteroatoms. The molecule has 0 radical (unpaired) electrons. The van der Waals surface area contributed by atoms with Gasteiger partial charge >= 0.3 is 0 Å². The highest BCUT2D eigenvalue weighted by Crippen LogP contribution is 2.35. The van der Waals surface area contributed by atoms with Gasteiger partial charge in [-0.1, -0.05) is 0 Å². The lowest BCUT2D eigenvalue weighted by molar-refractivity contribution is -0.117. The number of fused-ring (bicyclic) bond motifs is 1. The van der Waals surface area contributed by atoms with Gasteiger partial charge in [0.2, 0.25) is 5.91 Å². The first-order chi connectivity index (χ1) is 9.28. The van der Waals surface area contributed by atoms with Crippen LogP contribution in [0.15, 0.2) is 18.2 Å². The van der Waals surface area contributed by atoms with E-state index in [9.17, 15) is 4.79 Å². The number of hydrogen-bond donors (Lipinski definition) is 0. The average Bonchev–Trinajstić information content (AvgIpc) is 2.66. The summed E-state index contributed by atoms with van der Waals surface area (Å²) < 4.78 is 11.2. The highest BCUT2D eigenvalue weighted by Gasteiger charge is 2.30. The molecule has 1 unspecified atom stereocenters. The minimum absolute atomic E-state index is 0.00322. The number of carbonyl (C=O) groups is 1. The van der Waals surface area contributed by atoms with Gasteiger partial charge in [0.05, 0.1) is 13.2 Å². The van der Waals surface area contributed by atoms with Crippen LogP contribution in [0.1, 0.15) is 12.8 Å². The van der Waals surface area contributed by atoms with Gasteiger partial charge in [-0.05, 0) is 12.1 Å². The number of carbonyl (C=O) groups excluding carboxylic acids is 1. The van der Waals surface area contributed by atoms with E-state index in [2.05, 4.69) is 5.92 Å². The Balaban J connectivity index is 1.88. The highest BCUT2D eigenvalue weighted by molar-refractivity contribution is 5.96. The summed E-state index contributed by atoms with van der Waals surface area (Å²) in [6.45, 7) is 1.88. The maximum Gasteiger partial charge on any atom is 0.228 e. The summed E-state index contributed by atoms with van der Waals surface area (Å²) >= 11 is 0. The van der Waals surface area contributed by atoms with Crippen LogP contribution >= 0.6 is 0 Å². The van der Waals surface area contributed by atoms with Gasteiger partial charge in [-0.15, -0.1) is 12.3 Å². The third-order valence-electron chi connectivity index (χ3n) is 3.40. The zero-order valence-electron chi connectivity index (χ0n) is 10.6. The van der Waals surface area contributed by atoms with Crippen molar-refractivity contribution in [1.82, 2.24) is 0 Å². The first-order valence-corrected chi connectivity index (χ1v) is 6.44. The summed E-state index contributed by atoms with van der Waals surface area (Å²) in [7, 11) is 0. The molecule has 4 nitrogen and oxygen atoms in total. The molecule has 19 heavy (non-hydrogen) atoms. The van der Waals surface area contributed by atoms with E-state index in [0.717, 1.165) is 17.9 Å². The van der Waals surface area contributed by atoms with Gasteiger partial charge in [0.25, 0.3) is 0 Å². The fourth-order valence-electron chi connectivity index (χ4n) is 2.39. The third kappa shape index (κ3) is 2.24. The maximum absolute atomic E-state index is 11.9. The van der Waals surface area contributed by atoms with Crippen molar-refractivity contribution in [1.29, 1.82) is 0 Å². The zero-order valence-corrected chi connectivity index (χ0v) is 10.6. The molecule has 2 aliphatic heterocycles. The predicted molar refractivity (Wildman–Crippen MR) is 71.3 cm³/mol. The Hall–Kier alpha value is -2.15. The van der Waals surface area contributed by atoms with Crippen LogP contribution < -0.4 is 14.4 Å². The fraction of sp³-hybridized carbons (Fsp3) is 0.400. The molecule has 1 aromatic rings. The Kier molecular flexibility index (Phi) is 3.04. The van der Waals surface area contributed by atoms with E-state index in [1.54, 1.807) is 4.90 Å². The Morgan fingerprint density at radius 1 is 1.26 bits per heavy atom. The first-order valence-electron chi connectivity index (χ1n) is 6.44. The molecular formula is C15H15NO3. The number of anilines is 1. The Labute approximate surface area is 112 Å². The van der Waals surface area contributed by atoms with Crippen molar-refractivity contribution in [2.24, 2.45) is 5.92 Å². The van der Waals surface area contributed by atoms with Crippen molar-refractivity contribution in [2.75, 3.05) is 24.7 Å². The van der Waals surface area contributed by atoms with Crippen LogP contribution in [-0.2, 0) is 4.79 Å². The molecule has 3 rings (SSSR count). The molecule has 1 fully saturated rings. The highest BCUT2D eigenvalue weighted by atomic mass is 16.5. The summed E-state index contributed by atoms with van der Waals surface area (Å²) in [6, 6.07) is 5.59. The van der Waals surface area contributed by atoms with Gasteiger partial charge in [-0.3, -0.25) is 4.79 Å². The number of hydrogen-bond acceptors (Lipinski definition) is 3. The van der Waals surface area contributed by atoms with Crippen LogP contribution in [-0.4, -0.2) is 25.7 Å². The first kappa shape index (κ1) is 11.9. The molecule has 1 aromatic carbocycles. The number of amides is 1. The molecule has 0 saturated carbocycles. The zero-order chi connectivity index (χ0) is 13.2. The number of ether oxygens (including phenoxy) is 2. The van der Waals surface area contributed by atoms with Crippen molar-refractivity contribution in [3.05, 3.63) is 18.2 Å². The molecule has 1 atom stereocenters. The number of rotatable bonds is 1. The summed E-state index contributed by atoms with van der Waals surface area (Å²) in [5.74, 6) is 4.16. The average molecular weight is 257 g/mol. The Morgan fingerprint density at radius 2 is 2.05 bits per heavy atom. The van der Waals surface area contributed by atoms with E-state index in [4.69, 9.17) is 15.9 Å². The third-order valence-corrected chi connectivity index (χ3v) is 3.40. The van der Waals surface area contributed by atoms with Crippen LogP contribution in [0, 0.1) is 18.3 Å². The van der Waals surface area contributed by atoms with E-state index in [-0.39, 0.29) is 11.8 Å². The summed E-state index contributed by atoms with van der Waals surface area (Å²) in [5.41, 5.74) is 0.826. The van der Waals surface area contributed by atoms with E-state index in [1.165, 1.54) is 0 Å². The lowest BCUT2D eigenvalue weighted by Crippen LogP contribution is -2.24. The van der Waals surface area contributed by atoms with Crippen molar-refractivity contribution in [3.8, 4) is 23.8 Å². The van der Waals surface area contributed by atoms with E-state index in [1.807, 2.05) is 18.2 Å². The smallest absolute Gasteiger partial charge is 0.228 e. The second-order valence-electron chi connectivity index (χ2n) is 4.75. The maximum atomic E-state index is 11.9. The molecule has 0 spiro atoms. The normalized spacial score (nSPS) is 21.9. The van der Waals surface area contributed by atoms with Gasteiger partial charge in [0.1, 0.15) is 0 Å². The van der Waals surface area contributed by atoms with Crippen LogP contribution in [0.5, 0.6) is 11.5 Å². The van der Waals surface area contributed by atoms with Crippen LogP contribution in [0.25, 0.3) is 0 Å². The molecule has 0 aliphatic carbocycles. The van der Waals surface area contributed by atoms with Crippen LogP contribution in [0.4, 0.5) is 5.69 Å². The number of benzene rings is 1. The topological polar surface area (TPSA) is 38.8 Å². The van der Waals surface area contributed by atoms with Gasteiger partial charge in [-0.2, -0.15) is 0 Å². The van der Waals surface area contributed by atoms with Crippen molar-refractivity contribution >= 4 is 11.6 Å². The molecule has 0 bridgehead atoms. The van der Waals surface area contributed by atoms with Crippen molar-refractivity contribution in [3.63, 3.8) is 0 Å². The predicted octanol–water partition coefficient (Wildman–Crippen LogP) is 1.83. The summed E-state index contributed by atoms with van der Waals surface area (Å²) in [5, 5.41) is 0. The quantitative estimate of drug-likeness (QED) is 0.720. The molecule has 1 saturated heterocycles. The standard InChI is InChI=1S/C15H15NO3/c1-2-11-8-15(17)16(10-11)12-4-5-13-14(9-12)19-7-3-6-18-13/h1,4-5,9,11H,3,6-8,10H2. The summed E-state index contributed by atoms with van der Waals surface area (Å²) in [6.07, 6.45) is 6.68. The molecule has 2 aliphatic rings. The van der Waals surface area contributed by atoms with Gasteiger partial charge in [0.15, 0.2) is 11.5 Å². The van der Waals surface area contributed by atoms with E-state index < -0.39 is 0 Å². The van der Waals surface area contributed by atoms with E-state index in [0.29, 0.717) is 31.9 Å². The number of terminal acetylenes is 1. The second kappa shape index (κ2) is 4.85. The van der Waals surface area contributed by atoms with Gasteiger partial charge in [0, 0.05) is 37.1 Å². The second-order valence-corrected chi connectivity index (χ2v) is 4.75. The minimum atomic E-state index is 0.00322. The van der Waals surface area contributed by atoms with Crippen molar-refractivity contribution in [2.45, 2.75) is 12.8 Å². The SMILES string of the molecule is C#CC1CC(=O)N(c2ccc3c(c2)OCCCO3)C1. The fourth-order valence-corrected chi connectivity index (χ4v) is 2.39. The largest absolute Gasteiger partial charge is 0.490 e. The molecule has 0 N–H and O–H groups in total. The molecular weight excluding hydrogens is 242 g/mol. The lowest BCUT2D eigenvalue weighted by Gasteiger charge is -2.17. The molecule has 98 valence electrons.